The maximum atomic E-state index is 11.1. The molecule has 1 aliphatic heterocycles. The molecular formula is C6H11NO4S. The van der Waals surface area contributed by atoms with E-state index < -0.39 is 27.2 Å². The normalized spacial score (nSPS) is 33.1. The summed E-state index contributed by atoms with van der Waals surface area (Å²) < 4.78 is 22.2. The van der Waals surface area contributed by atoms with Crippen molar-refractivity contribution in [1.29, 1.82) is 0 Å². The summed E-state index contributed by atoms with van der Waals surface area (Å²) in [6.07, 6.45) is -0.778. The van der Waals surface area contributed by atoms with Crippen LogP contribution in [-0.4, -0.2) is 36.7 Å². The summed E-state index contributed by atoms with van der Waals surface area (Å²) in [7, 11) is -3.05. The van der Waals surface area contributed by atoms with E-state index in [4.69, 9.17) is 5.11 Å². The third kappa shape index (κ3) is 1.69. The van der Waals surface area contributed by atoms with Gasteiger partial charge in [0.15, 0.2) is 9.84 Å². The van der Waals surface area contributed by atoms with Crippen molar-refractivity contribution in [1.82, 2.24) is 5.32 Å². The zero-order valence-electron chi connectivity index (χ0n) is 6.65. The van der Waals surface area contributed by atoms with E-state index in [9.17, 15) is 13.2 Å². The van der Waals surface area contributed by atoms with E-state index in [1.54, 1.807) is 0 Å². The Morgan fingerprint density at radius 3 is 2.50 bits per heavy atom. The van der Waals surface area contributed by atoms with Crippen LogP contribution in [-0.2, 0) is 9.84 Å². The minimum atomic E-state index is -3.05. The van der Waals surface area contributed by atoms with E-state index in [1.165, 1.54) is 6.92 Å². The first-order valence-electron chi connectivity index (χ1n) is 3.64. The first-order chi connectivity index (χ1) is 5.43. The van der Waals surface area contributed by atoms with E-state index in [1.807, 2.05) is 0 Å². The van der Waals surface area contributed by atoms with Gasteiger partial charge in [0.05, 0.1) is 11.0 Å². The van der Waals surface area contributed by atoms with Crippen molar-refractivity contribution in [2.24, 2.45) is 0 Å². The van der Waals surface area contributed by atoms with Crippen LogP contribution in [0.1, 0.15) is 13.3 Å². The highest BCUT2D eigenvalue weighted by molar-refractivity contribution is 7.92. The number of sulfone groups is 1. The van der Waals surface area contributed by atoms with Gasteiger partial charge in [0.2, 0.25) is 0 Å². The Labute approximate surface area is 70.7 Å². The lowest BCUT2D eigenvalue weighted by molar-refractivity contribution is 0.190. The van der Waals surface area contributed by atoms with Gasteiger partial charge < -0.3 is 10.4 Å². The Bertz CT molecular complexity index is 284. The summed E-state index contributed by atoms with van der Waals surface area (Å²) in [5.41, 5.74) is 0. The Balaban J connectivity index is 2.68. The van der Waals surface area contributed by atoms with Crippen LogP contribution < -0.4 is 5.32 Å². The zero-order valence-corrected chi connectivity index (χ0v) is 7.47. The summed E-state index contributed by atoms with van der Waals surface area (Å²) in [5, 5.41) is 9.95. The van der Waals surface area contributed by atoms with Gasteiger partial charge in [0, 0.05) is 6.04 Å². The molecule has 1 heterocycles. The Morgan fingerprint density at radius 2 is 2.17 bits per heavy atom. The lowest BCUT2D eigenvalue weighted by Crippen LogP contribution is -2.39. The second-order valence-electron chi connectivity index (χ2n) is 2.92. The molecule has 0 aromatic carbocycles. The molecular weight excluding hydrogens is 182 g/mol. The van der Waals surface area contributed by atoms with E-state index in [0.717, 1.165) is 0 Å². The molecule has 1 rings (SSSR count). The first-order valence-corrected chi connectivity index (χ1v) is 5.36. The molecule has 0 aromatic heterocycles. The fourth-order valence-electron chi connectivity index (χ4n) is 1.31. The molecule has 0 aliphatic carbocycles. The number of amides is 1. The largest absolute Gasteiger partial charge is 0.465 e. The van der Waals surface area contributed by atoms with E-state index in [-0.39, 0.29) is 5.75 Å². The van der Waals surface area contributed by atoms with Crippen molar-refractivity contribution < 1.29 is 18.3 Å². The summed E-state index contributed by atoms with van der Waals surface area (Å²) >= 11 is 0. The quantitative estimate of drug-likeness (QED) is 0.605. The number of carboxylic acid groups (broad SMARTS) is 1. The minimum absolute atomic E-state index is 0.0825. The van der Waals surface area contributed by atoms with Crippen molar-refractivity contribution in [2.45, 2.75) is 24.6 Å². The molecule has 1 fully saturated rings. The molecule has 1 amide bonds. The molecule has 2 N–H and O–H groups in total. The van der Waals surface area contributed by atoms with Crippen LogP contribution in [0.5, 0.6) is 0 Å². The average Bonchev–Trinajstić information content (AvgIpc) is 2.15. The van der Waals surface area contributed by atoms with Crippen molar-refractivity contribution in [3.63, 3.8) is 0 Å². The van der Waals surface area contributed by atoms with Crippen LogP contribution in [0.2, 0.25) is 0 Å². The molecule has 0 bridgehead atoms. The molecule has 2 atom stereocenters. The number of hydrogen-bond acceptors (Lipinski definition) is 3. The Kier molecular flexibility index (Phi) is 2.27. The SMILES string of the molecule is CC1C(NC(=O)O)CCS1(=O)=O. The predicted molar refractivity (Wildman–Crippen MR) is 42.8 cm³/mol. The summed E-state index contributed by atoms with van der Waals surface area (Å²) in [6.45, 7) is 1.53. The van der Waals surface area contributed by atoms with Gasteiger partial charge in [-0.15, -0.1) is 0 Å². The molecule has 70 valence electrons. The molecule has 5 nitrogen and oxygen atoms in total. The van der Waals surface area contributed by atoms with Crippen LogP contribution in [0.25, 0.3) is 0 Å². The molecule has 12 heavy (non-hydrogen) atoms. The highest BCUT2D eigenvalue weighted by Gasteiger charge is 2.37. The highest BCUT2D eigenvalue weighted by atomic mass is 32.2. The Hall–Kier alpha value is -0.780. The van der Waals surface area contributed by atoms with Crippen molar-refractivity contribution >= 4 is 15.9 Å². The second-order valence-corrected chi connectivity index (χ2v) is 5.39. The average molecular weight is 193 g/mol. The maximum Gasteiger partial charge on any atom is 0.404 e. The van der Waals surface area contributed by atoms with Crippen molar-refractivity contribution in [3.05, 3.63) is 0 Å². The van der Waals surface area contributed by atoms with Crippen LogP contribution >= 0.6 is 0 Å². The van der Waals surface area contributed by atoms with Crippen LogP contribution in [0.4, 0.5) is 4.79 Å². The summed E-state index contributed by atoms with van der Waals surface area (Å²) in [5.74, 6) is 0.0825. The van der Waals surface area contributed by atoms with Gasteiger partial charge in [0.1, 0.15) is 0 Å². The van der Waals surface area contributed by atoms with Crippen LogP contribution in [0.15, 0.2) is 0 Å². The second kappa shape index (κ2) is 2.93. The van der Waals surface area contributed by atoms with Gasteiger partial charge in [-0.3, -0.25) is 0 Å². The van der Waals surface area contributed by atoms with Gasteiger partial charge in [0.25, 0.3) is 0 Å². The first kappa shape index (κ1) is 9.31. The molecule has 0 spiro atoms. The fraction of sp³-hybridized carbons (Fsp3) is 0.833. The highest BCUT2D eigenvalue weighted by Crippen LogP contribution is 2.19. The monoisotopic (exact) mass is 193 g/mol. The third-order valence-corrected chi connectivity index (χ3v) is 4.42. The fourth-order valence-corrected chi connectivity index (χ4v) is 2.97. The van der Waals surface area contributed by atoms with Crippen LogP contribution in [0, 0.1) is 0 Å². The van der Waals surface area contributed by atoms with Gasteiger partial charge in [-0.25, -0.2) is 13.2 Å². The molecule has 6 heteroatoms. The molecule has 0 radical (unpaired) electrons. The predicted octanol–water partition coefficient (Wildman–Crippen LogP) is -0.170. The minimum Gasteiger partial charge on any atom is -0.465 e. The summed E-state index contributed by atoms with van der Waals surface area (Å²) in [4.78, 5) is 10.2. The van der Waals surface area contributed by atoms with Gasteiger partial charge in [-0.1, -0.05) is 0 Å². The van der Waals surface area contributed by atoms with E-state index >= 15 is 0 Å². The molecule has 0 aromatic rings. The number of carbonyl (C=O) groups is 1. The molecule has 0 saturated carbocycles. The third-order valence-electron chi connectivity index (χ3n) is 2.16. The van der Waals surface area contributed by atoms with Crippen molar-refractivity contribution in [3.8, 4) is 0 Å². The molecule has 1 saturated heterocycles. The van der Waals surface area contributed by atoms with Gasteiger partial charge in [-0.2, -0.15) is 0 Å². The lowest BCUT2D eigenvalue weighted by Gasteiger charge is -2.12. The lowest BCUT2D eigenvalue weighted by atomic mass is 10.2. The number of hydrogen-bond donors (Lipinski definition) is 2. The smallest absolute Gasteiger partial charge is 0.404 e. The topological polar surface area (TPSA) is 83.5 Å². The number of rotatable bonds is 1. The van der Waals surface area contributed by atoms with Gasteiger partial charge in [-0.05, 0) is 13.3 Å². The molecule has 2 unspecified atom stereocenters. The number of nitrogens with one attached hydrogen (secondary N) is 1. The van der Waals surface area contributed by atoms with E-state index in [0.29, 0.717) is 6.42 Å². The van der Waals surface area contributed by atoms with Crippen LogP contribution in [0.3, 0.4) is 0 Å². The van der Waals surface area contributed by atoms with E-state index in [2.05, 4.69) is 5.32 Å². The molecule has 1 aliphatic rings. The summed E-state index contributed by atoms with van der Waals surface area (Å²) in [6, 6.07) is -0.438. The standard InChI is InChI=1S/C6H11NO4S/c1-4-5(7-6(8)9)2-3-12(4,10)11/h4-5,7H,2-3H2,1H3,(H,8,9). The van der Waals surface area contributed by atoms with Crippen molar-refractivity contribution in [2.75, 3.05) is 5.75 Å². The maximum absolute atomic E-state index is 11.1. The Morgan fingerprint density at radius 1 is 1.58 bits per heavy atom. The van der Waals surface area contributed by atoms with Gasteiger partial charge >= 0.3 is 6.09 Å². The zero-order chi connectivity index (χ0) is 9.35.